The molecule has 0 saturated heterocycles. The van der Waals surface area contributed by atoms with Crippen molar-refractivity contribution in [2.75, 3.05) is 0 Å². The van der Waals surface area contributed by atoms with E-state index in [0.29, 0.717) is 0 Å². The minimum atomic E-state index is 0.227. The van der Waals surface area contributed by atoms with Gasteiger partial charge in [-0.2, -0.15) is 5.10 Å². The second kappa shape index (κ2) is 4.34. The van der Waals surface area contributed by atoms with Crippen LogP contribution in [0.3, 0.4) is 0 Å². The molecule has 0 aliphatic heterocycles. The van der Waals surface area contributed by atoms with Crippen LogP contribution in [0.25, 0.3) is 11.2 Å². The molecule has 0 bridgehead atoms. The summed E-state index contributed by atoms with van der Waals surface area (Å²) in [5.74, 6) is 0. The van der Waals surface area contributed by atoms with Gasteiger partial charge in [0.05, 0.1) is 18.1 Å². The van der Waals surface area contributed by atoms with Crippen LogP contribution in [0, 0.1) is 11.7 Å². The Morgan fingerprint density at radius 2 is 2.26 bits per heavy atom. The maximum absolute atomic E-state index is 5.44. The Balaban J connectivity index is 2.09. The predicted molar refractivity (Wildman–Crippen MR) is 75.6 cm³/mol. The van der Waals surface area contributed by atoms with Crippen LogP contribution < -0.4 is 0 Å². The molecule has 1 atom stereocenters. The second-order valence-electron chi connectivity index (χ2n) is 4.82. The van der Waals surface area contributed by atoms with Crippen molar-refractivity contribution in [1.29, 1.82) is 0 Å². The highest BCUT2D eigenvalue weighted by Crippen LogP contribution is 2.22. The highest BCUT2D eigenvalue weighted by molar-refractivity contribution is 7.71. The Kier molecular flexibility index (Phi) is 2.78. The van der Waals surface area contributed by atoms with Crippen LogP contribution in [0.4, 0.5) is 0 Å². The molecule has 3 aromatic rings. The highest BCUT2D eigenvalue weighted by atomic mass is 32.1. The summed E-state index contributed by atoms with van der Waals surface area (Å²) in [7, 11) is 1.94. The van der Waals surface area contributed by atoms with Gasteiger partial charge >= 0.3 is 0 Å². The van der Waals surface area contributed by atoms with E-state index in [1.165, 1.54) is 0 Å². The molecule has 0 spiro atoms. The van der Waals surface area contributed by atoms with Crippen molar-refractivity contribution in [1.82, 2.24) is 28.9 Å². The number of hydrogen-bond acceptors (Lipinski definition) is 3. The molecule has 7 heteroatoms. The van der Waals surface area contributed by atoms with E-state index in [2.05, 4.69) is 31.1 Å². The molecule has 0 aliphatic carbocycles. The van der Waals surface area contributed by atoms with Crippen LogP contribution >= 0.6 is 12.2 Å². The van der Waals surface area contributed by atoms with Crippen molar-refractivity contribution in [3.63, 3.8) is 0 Å². The topological polar surface area (TPSA) is 56.4 Å². The molecule has 0 amide bonds. The largest absolute Gasteiger partial charge is 0.335 e. The molecule has 3 heterocycles. The number of imidazole rings is 2. The Hall–Kier alpha value is -1.89. The summed E-state index contributed by atoms with van der Waals surface area (Å²) in [6.45, 7) is 4.95. The van der Waals surface area contributed by atoms with Gasteiger partial charge in [-0.3, -0.25) is 9.25 Å². The number of aromatic nitrogens is 6. The van der Waals surface area contributed by atoms with Gasteiger partial charge in [0.1, 0.15) is 5.52 Å². The first-order valence-corrected chi connectivity index (χ1v) is 6.58. The molecule has 1 N–H and O–H groups in total. The van der Waals surface area contributed by atoms with Crippen LogP contribution in [0.2, 0.25) is 0 Å². The molecular formula is C12H16N6S. The van der Waals surface area contributed by atoms with Crippen molar-refractivity contribution in [2.24, 2.45) is 7.05 Å². The first kappa shape index (κ1) is 12.2. The molecule has 100 valence electrons. The molecule has 0 aromatic carbocycles. The number of fused-ring (bicyclic) bond motifs is 1. The van der Waals surface area contributed by atoms with Gasteiger partial charge in [0.15, 0.2) is 10.4 Å². The smallest absolute Gasteiger partial charge is 0.179 e. The lowest BCUT2D eigenvalue weighted by atomic mass is 10.3. The quantitative estimate of drug-likeness (QED) is 0.746. The van der Waals surface area contributed by atoms with E-state index in [0.717, 1.165) is 28.2 Å². The van der Waals surface area contributed by atoms with Crippen molar-refractivity contribution in [3.8, 4) is 0 Å². The third-order valence-electron chi connectivity index (χ3n) is 3.35. The average molecular weight is 276 g/mol. The average Bonchev–Trinajstić information content (AvgIpc) is 3.00. The van der Waals surface area contributed by atoms with E-state index >= 15 is 0 Å². The van der Waals surface area contributed by atoms with Crippen molar-refractivity contribution in [3.05, 3.63) is 29.2 Å². The van der Waals surface area contributed by atoms with E-state index in [1.807, 2.05) is 31.2 Å². The highest BCUT2D eigenvalue weighted by Gasteiger charge is 2.16. The van der Waals surface area contributed by atoms with Gasteiger partial charge in [0.2, 0.25) is 0 Å². The molecule has 0 saturated carbocycles. The van der Waals surface area contributed by atoms with Gasteiger partial charge in [-0.1, -0.05) is 0 Å². The Labute approximate surface area is 115 Å². The van der Waals surface area contributed by atoms with Gasteiger partial charge in [0, 0.05) is 26.0 Å². The molecule has 3 aromatic heterocycles. The predicted octanol–water partition coefficient (Wildman–Crippen LogP) is 2.20. The summed E-state index contributed by atoms with van der Waals surface area (Å²) < 4.78 is 6.78. The van der Waals surface area contributed by atoms with Crippen LogP contribution in [-0.2, 0) is 13.6 Å². The van der Waals surface area contributed by atoms with E-state index in [4.69, 9.17) is 12.2 Å². The van der Waals surface area contributed by atoms with Crippen LogP contribution in [0.15, 0.2) is 18.7 Å². The van der Waals surface area contributed by atoms with Crippen molar-refractivity contribution in [2.45, 2.75) is 26.4 Å². The number of nitrogens with one attached hydrogen (secondary N) is 1. The fourth-order valence-electron chi connectivity index (χ4n) is 2.52. The molecular weight excluding hydrogens is 260 g/mol. The lowest BCUT2D eigenvalue weighted by Crippen LogP contribution is -2.14. The molecule has 19 heavy (non-hydrogen) atoms. The molecule has 0 radical (unpaired) electrons. The molecule has 1 unspecified atom stereocenters. The number of rotatable bonds is 3. The van der Waals surface area contributed by atoms with Gasteiger partial charge < -0.3 is 9.55 Å². The molecule has 0 fully saturated rings. The number of aryl methyl sites for hydroxylation is 2. The third-order valence-corrected chi connectivity index (χ3v) is 3.64. The van der Waals surface area contributed by atoms with Gasteiger partial charge in [-0.05, 0) is 26.1 Å². The zero-order valence-corrected chi connectivity index (χ0v) is 12.0. The fourth-order valence-corrected chi connectivity index (χ4v) is 2.89. The van der Waals surface area contributed by atoms with Gasteiger partial charge in [0.25, 0.3) is 0 Å². The Morgan fingerprint density at radius 1 is 1.47 bits per heavy atom. The van der Waals surface area contributed by atoms with Gasteiger partial charge in [-0.15, -0.1) is 0 Å². The first-order chi connectivity index (χ1) is 9.08. The zero-order chi connectivity index (χ0) is 13.6. The molecule has 6 nitrogen and oxygen atoms in total. The van der Waals surface area contributed by atoms with E-state index in [1.54, 1.807) is 6.20 Å². The van der Waals surface area contributed by atoms with Crippen LogP contribution in [-0.4, -0.2) is 28.9 Å². The lowest BCUT2D eigenvalue weighted by Gasteiger charge is -2.15. The molecule has 0 aliphatic rings. The SMILES string of the molecule is Cc1nn(C)c2c1[nH]c(=S)n2C(C)Cn1ccnc1. The summed E-state index contributed by atoms with van der Waals surface area (Å²) in [5.41, 5.74) is 3.03. The van der Waals surface area contributed by atoms with E-state index < -0.39 is 0 Å². The minimum absolute atomic E-state index is 0.227. The number of H-pyrrole nitrogens is 1. The van der Waals surface area contributed by atoms with E-state index in [-0.39, 0.29) is 6.04 Å². The number of hydrogen-bond donors (Lipinski definition) is 1. The maximum atomic E-state index is 5.44. The van der Waals surface area contributed by atoms with Crippen LogP contribution in [0.5, 0.6) is 0 Å². The summed E-state index contributed by atoms with van der Waals surface area (Å²) in [5, 5.41) is 4.43. The molecule has 3 rings (SSSR count). The Bertz CT molecular complexity index is 760. The maximum Gasteiger partial charge on any atom is 0.179 e. The second-order valence-corrected chi connectivity index (χ2v) is 5.20. The zero-order valence-electron chi connectivity index (χ0n) is 11.2. The fraction of sp³-hybridized carbons (Fsp3) is 0.417. The van der Waals surface area contributed by atoms with Crippen molar-refractivity contribution < 1.29 is 0 Å². The number of aromatic amines is 1. The summed E-state index contributed by atoms with van der Waals surface area (Å²) in [6.07, 6.45) is 5.56. The Morgan fingerprint density at radius 3 is 2.95 bits per heavy atom. The van der Waals surface area contributed by atoms with Crippen LogP contribution in [0.1, 0.15) is 18.7 Å². The first-order valence-electron chi connectivity index (χ1n) is 6.17. The minimum Gasteiger partial charge on any atom is -0.335 e. The summed E-state index contributed by atoms with van der Waals surface area (Å²) in [4.78, 5) is 7.31. The van der Waals surface area contributed by atoms with Crippen molar-refractivity contribution >= 4 is 23.4 Å². The summed E-state index contributed by atoms with van der Waals surface area (Å²) in [6, 6.07) is 0.227. The van der Waals surface area contributed by atoms with E-state index in [9.17, 15) is 0 Å². The third kappa shape index (κ3) is 1.90. The van der Waals surface area contributed by atoms with Gasteiger partial charge in [-0.25, -0.2) is 4.98 Å². The normalized spacial score (nSPS) is 13.2. The monoisotopic (exact) mass is 276 g/mol. The lowest BCUT2D eigenvalue weighted by molar-refractivity contribution is 0.463. The number of nitrogens with zero attached hydrogens (tertiary/aromatic N) is 5. The standard InChI is InChI=1S/C12H16N6S/c1-8(6-17-5-4-13-7-17)18-11-10(14-12(18)19)9(2)15-16(11)3/h4-5,7-8H,6H2,1-3H3,(H,14,19). The summed E-state index contributed by atoms with van der Waals surface area (Å²) >= 11 is 5.44.